The van der Waals surface area contributed by atoms with E-state index < -0.39 is 0 Å². The van der Waals surface area contributed by atoms with Crippen molar-refractivity contribution in [1.29, 1.82) is 0 Å². The Morgan fingerprint density at radius 3 is 2.67 bits per heavy atom. The van der Waals surface area contributed by atoms with Gasteiger partial charge in [0, 0.05) is 5.57 Å². The highest BCUT2D eigenvalue weighted by molar-refractivity contribution is 6.10. The number of hydrazone groups is 1. The highest BCUT2D eigenvalue weighted by atomic mass is 16.2. The minimum absolute atomic E-state index is 0.244. The van der Waals surface area contributed by atoms with Crippen LogP contribution in [0.4, 0.5) is 0 Å². The van der Waals surface area contributed by atoms with Crippen LogP contribution in [0, 0.1) is 0 Å². The van der Waals surface area contributed by atoms with Crippen LogP contribution in [0.15, 0.2) is 16.2 Å². The summed E-state index contributed by atoms with van der Waals surface area (Å²) in [6.07, 6.45) is 1.40. The van der Waals surface area contributed by atoms with Gasteiger partial charge in [0.15, 0.2) is 0 Å². The Balaban J connectivity index is 2.92. The fourth-order valence-electron chi connectivity index (χ4n) is 1.32. The van der Waals surface area contributed by atoms with Crippen molar-refractivity contribution in [3.8, 4) is 0 Å². The maximum atomic E-state index is 11.1. The van der Waals surface area contributed by atoms with Crippen LogP contribution in [0.25, 0.3) is 0 Å². The van der Waals surface area contributed by atoms with Gasteiger partial charge in [-0.25, -0.2) is 5.84 Å². The van der Waals surface area contributed by atoms with Crippen LogP contribution >= 0.6 is 0 Å². The normalized spacial score (nSPS) is 20.3. The average molecular weight is 168 g/mol. The van der Waals surface area contributed by atoms with E-state index in [-0.39, 0.29) is 5.91 Å². The molecule has 0 fully saturated rings. The maximum Gasteiger partial charge on any atom is 0.261 e. The van der Waals surface area contributed by atoms with E-state index >= 15 is 0 Å². The lowest BCUT2D eigenvalue weighted by Crippen LogP contribution is -2.31. The van der Waals surface area contributed by atoms with Crippen LogP contribution in [0.5, 0.6) is 0 Å². The lowest BCUT2D eigenvalue weighted by atomic mass is 10.1. The number of nitrogens with two attached hydrogens (primary N) is 2. The van der Waals surface area contributed by atoms with Crippen molar-refractivity contribution >= 4 is 11.6 Å². The zero-order chi connectivity index (χ0) is 9.14. The van der Waals surface area contributed by atoms with E-state index in [9.17, 15) is 4.79 Å². The molecule has 0 aromatic carbocycles. The van der Waals surface area contributed by atoms with E-state index in [1.165, 1.54) is 0 Å². The summed E-state index contributed by atoms with van der Waals surface area (Å²) in [4.78, 5) is 11.1. The molecular formula is C7H12N4O. The lowest BCUT2D eigenvalue weighted by molar-refractivity contribution is -0.117. The van der Waals surface area contributed by atoms with Crippen LogP contribution < -0.4 is 17.1 Å². The average Bonchev–Trinajstić information content (AvgIpc) is 2.45. The molecule has 5 nitrogen and oxygen atoms in total. The molecule has 0 atom stereocenters. The molecule has 0 bridgehead atoms. The SMILES string of the molecule is CC1=C(C(=O)NN)CC/C1=N/N. The van der Waals surface area contributed by atoms with Gasteiger partial charge in [-0.2, -0.15) is 5.10 Å². The third kappa shape index (κ3) is 1.31. The van der Waals surface area contributed by atoms with Crippen molar-refractivity contribution in [3.63, 3.8) is 0 Å². The first kappa shape index (κ1) is 8.73. The topological polar surface area (TPSA) is 93.5 Å². The van der Waals surface area contributed by atoms with Gasteiger partial charge < -0.3 is 5.84 Å². The number of hydrogen-bond donors (Lipinski definition) is 3. The lowest BCUT2D eigenvalue weighted by Gasteiger charge is -1.99. The number of allylic oxidation sites excluding steroid dienone is 1. The van der Waals surface area contributed by atoms with Gasteiger partial charge in [0.05, 0.1) is 5.71 Å². The largest absolute Gasteiger partial charge is 0.323 e. The number of amides is 1. The second-order valence-electron chi connectivity index (χ2n) is 2.65. The van der Waals surface area contributed by atoms with Crippen LogP contribution in [-0.2, 0) is 4.79 Å². The number of nitrogens with one attached hydrogen (secondary N) is 1. The first-order chi connectivity index (χ1) is 5.70. The van der Waals surface area contributed by atoms with Gasteiger partial charge in [-0.05, 0) is 25.3 Å². The number of carbonyl (C=O) groups excluding carboxylic acids is 1. The molecule has 5 N–H and O–H groups in total. The van der Waals surface area contributed by atoms with Gasteiger partial charge in [0.25, 0.3) is 5.91 Å². The van der Waals surface area contributed by atoms with Crippen molar-refractivity contribution < 1.29 is 4.79 Å². The van der Waals surface area contributed by atoms with Gasteiger partial charge in [0.1, 0.15) is 0 Å². The zero-order valence-corrected chi connectivity index (χ0v) is 6.92. The van der Waals surface area contributed by atoms with E-state index in [1.807, 2.05) is 6.92 Å². The number of nitrogens with zero attached hydrogens (tertiary/aromatic N) is 1. The monoisotopic (exact) mass is 168 g/mol. The Morgan fingerprint density at radius 2 is 2.25 bits per heavy atom. The Morgan fingerprint density at radius 1 is 1.58 bits per heavy atom. The number of rotatable bonds is 1. The summed E-state index contributed by atoms with van der Waals surface area (Å²) < 4.78 is 0. The summed E-state index contributed by atoms with van der Waals surface area (Å²) in [6, 6.07) is 0. The standard InChI is InChI=1S/C7H12N4O/c1-4-5(7(12)11-9)2-3-6(4)10-8/h2-3,8-9H2,1H3,(H,11,12)/b10-6-. The van der Waals surface area contributed by atoms with E-state index in [1.54, 1.807) is 0 Å². The summed E-state index contributed by atoms with van der Waals surface area (Å²) in [5.41, 5.74) is 4.40. The van der Waals surface area contributed by atoms with Crippen LogP contribution in [0.3, 0.4) is 0 Å². The van der Waals surface area contributed by atoms with Gasteiger partial charge >= 0.3 is 0 Å². The van der Waals surface area contributed by atoms with Crippen LogP contribution in [-0.4, -0.2) is 11.6 Å². The molecule has 0 aliphatic heterocycles. The highest BCUT2D eigenvalue weighted by Crippen LogP contribution is 2.22. The molecule has 5 heteroatoms. The molecule has 66 valence electrons. The Hall–Kier alpha value is -1.36. The van der Waals surface area contributed by atoms with E-state index in [0.29, 0.717) is 12.0 Å². The molecule has 0 heterocycles. The molecule has 0 aromatic heterocycles. The minimum atomic E-state index is -0.244. The third-order valence-corrected chi connectivity index (χ3v) is 2.06. The van der Waals surface area contributed by atoms with Crippen molar-refractivity contribution in [2.75, 3.05) is 0 Å². The maximum absolute atomic E-state index is 11.1. The van der Waals surface area contributed by atoms with Gasteiger partial charge in [-0.3, -0.25) is 10.2 Å². The molecule has 1 amide bonds. The van der Waals surface area contributed by atoms with Crippen molar-refractivity contribution in [2.45, 2.75) is 19.8 Å². The first-order valence-electron chi connectivity index (χ1n) is 3.68. The van der Waals surface area contributed by atoms with Crippen molar-refractivity contribution in [3.05, 3.63) is 11.1 Å². The molecule has 0 radical (unpaired) electrons. The fraction of sp³-hybridized carbons (Fsp3) is 0.429. The van der Waals surface area contributed by atoms with E-state index in [2.05, 4.69) is 10.5 Å². The van der Waals surface area contributed by atoms with Crippen molar-refractivity contribution in [1.82, 2.24) is 5.43 Å². The first-order valence-corrected chi connectivity index (χ1v) is 3.68. The number of carbonyl (C=O) groups is 1. The van der Waals surface area contributed by atoms with Crippen LogP contribution in [0.2, 0.25) is 0 Å². The summed E-state index contributed by atoms with van der Waals surface area (Å²) in [5.74, 6) is 9.87. The molecule has 1 aliphatic rings. The third-order valence-electron chi connectivity index (χ3n) is 2.06. The zero-order valence-electron chi connectivity index (χ0n) is 6.92. The molecule has 1 rings (SSSR count). The Kier molecular flexibility index (Phi) is 2.44. The quantitative estimate of drug-likeness (QED) is 0.277. The molecule has 1 aliphatic carbocycles. The second-order valence-corrected chi connectivity index (χ2v) is 2.65. The predicted octanol–water partition coefficient (Wildman–Crippen LogP) is -0.599. The smallest absolute Gasteiger partial charge is 0.261 e. The molecule has 0 saturated carbocycles. The summed E-state index contributed by atoms with van der Waals surface area (Å²) in [5, 5.41) is 3.57. The minimum Gasteiger partial charge on any atom is -0.323 e. The second kappa shape index (κ2) is 3.36. The fourth-order valence-corrected chi connectivity index (χ4v) is 1.32. The van der Waals surface area contributed by atoms with E-state index in [4.69, 9.17) is 11.7 Å². The van der Waals surface area contributed by atoms with Gasteiger partial charge in [-0.15, -0.1) is 0 Å². The van der Waals surface area contributed by atoms with Gasteiger partial charge in [-0.1, -0.05) is 0 Å². The molecular weight excluding hydrogens is 156 g/mol. The molecule has 12 heavy (non-hydrogen) atoms. The van der Waals surface area contributed by atoms with E-state index in [0.717, 1.165) is 17.7 Å². The summed E-state index contributed by atoms with van der Waals surface area (Å²) in [6.45, 7) is 1.82. The molecule has 0 saturated heterocycles. The molecule has 0 aromatic rings. The Labute approximate surface area is 70.5 Å². The molecule has 0 spiro atoms. The Bertz CT molecular complexity index is 267. The van der Waals surface area contributed by atoms with Gasteiger partial charge in [0.2, 0.25) is 0 Å². The summed E-state index contributed by atoms with van der Waals surface area (Å²) in [7, 11) is 0. The van der Waals surface area contributed by atoms with Crippen molar-refractivity contribution in [2.24, 2.45) is 16.8 Å². The number of hydrazine groups is 1. The number of hydrogen-bond acceptors (Lipinski definition) is 4. The predicted molar refractivity (Wildman–Crippen MR) is 45.9 cm³/mol. The highest BCUT2D eigenvalue weighted by Gasteiger charge is 2.21. The van der Waals surface area contributed by atoms with Crippen LogP contribution in [0.1, 0.15) is 19.8 Å². The molecule has 0 unspecified atom stereocenters. The summed E-state index contributed by atoms with van der Waals surface area (Å²) >= 11 is 0.